The van der Waals surface area contributed by atoms with E-state index in [1.54, 1.807) is 29.6 Å². The molecule has 1 saturated carbocycles. The van der Waals surface area contributed by atoms with Gasteiger partial charge in [-0.25, -0.2) is 4.98 Å². The molecule has 3 heterocycles. The molecule has 0 spiro atoms. The van der Waals surface area contributed by atoms with Gasteiger partial charge in [-0.15, -0.1) is 0 Å². The molecule has 36 heavy (non-hydrogen) atoms. The third kappa shape index (κ3) is 6.22. The van der Waals surface area contributed by atoms with Gasteiger partial charge in [0, 0.05) is 49.7 Å². The number of aliphatic hydroxyl groups excluding tert-OH is 1. The lowest BCUT2D eigenvalue weighted by molar-refractivity contribution is 0.0325. The summed E-state index contributed by atoms with van der Waals surface area (Å²) in [6, 6.07) is 5.32. The van der Waals surface area contributed by atoms with Crippen LogP contribution in [0.15, 0.2) is 36.8 Å². The Balaban J connectivity index is 1.61. The monoisotopic (exact) mass is 492 g/mol. The van der Waals surface area contributed by atoms with Crippen molar-refractivity contribution in [2.75, 3.05) is 26.7 Å². The lowest BCUT2D eigenvalue weighted by Crippen LogP contribution is -2.49. The van der Waals surface area contributed by atoms with Crippen LogP contribution in [-0.4, -0.2) is 80.4 Å². The smallest absolute Gasteiger partial charge is 0.259 e. The number of hydrogen-bond donors (Lipinski definition) is 2. The Morgan fingerprint density at radius 1 is 1.31 bits per heavy atom. The number of likely N-dealkylation sites (N-methyl/N-ethyl adjacent to an activating group) is 1. The van der Waals surface area contributed by atoms with Crippen LogP contribution in [0.4, 0.5) is 0 Å². The van der Waals surface area contributed by atoms with E-state index in [0.717, 1.165) is 24.9 Å². The number of rotatable bonds is 6. The second kappa shape index (κ2) is 11.4. The van der Waals surface area contributed by atoms with Crippen molar-refractivity contribution in [3.63, 3.8) is 0 Å². The topological polar surface area (TPSA) is 99.0 Å². The summed E-state index contributed by atoms with van der Waals surface area (Å²) in [7, 11) is 2.04. The van der Waals surface area contributed by atoms with E-state index in [4.69, 9.17) is 4.74 Å². The molecule has 8 heteroatoms. The van der Waals surface area contributed by atoms with Gasteiger partial charge in [-0.3, -0.25) is 14.7 Å². The van der Waals surface area contributed by atoms with Crippen molar-refractivity contribution < 1.29 is 19.7 Å². The normalized spacial score (nSPS) is 22.2. The molecule has 8 nitrogen and oxygen atoms in total. The molecule has 4 rings (SSSR count). The Bertz CT molecular complexity index is 1110. The number of aliphatic hydroxyl groups is 2. The number of pyridine rings is 2. The zero-order valence-electron chi connectivity index (χ0n) is 21.4. The number of aromatic nitrogens is 2. The SMILES string of the molecule is C[C@@H]1CN([C@@H](C)CO)C(=O)c2cc(C#CC3(O)CCCC3)cnc2O[C@H]1CN(C)Cc1ccncc1. The quantitative estimate of drug-likeness (QED) is 0.598. The van der Waals surface area contributed by atoms with E-state index < -0.39 is 5.60 Å². The van der Waals surface area contributed by atoms with Crippen molar-refractivity contribution in [2.45, 2.75) is 63.8 Å². The van der Waals surface area contributed by atoms with Gasteiger partial charge in [-0.2, -0.15) is 0 Å². The molecule has 3 atom stereocenters. The highest BCUT2D eigenvalue weighted by atomic mass is 16.5. The first kappa shape index (κ1) is 26.1. The van der Waals surface area contributed by atoms with Crippen LogP contribution < -0.4 is 4.74 Å². The molecule has 2 aliphatic rings. The lowest BCUT2D eigenvalue weighted by Gasteiger charge is -2.37. The maximum Gasteiger partial charge on any atom is 0.259 e. The molecule has 1 aliphatic carbocycles. The zero-order chi connectivity index (χ0) is 25.7. The Morgan fingerprint density at radius 3 is 2.72 bits per heavy atom. The van der Waals surface area contributed by atoms with Crippen molar-refractivity contribution in [3.8, 4) is 17.7 Å². The van der Waals surface area contributed by atoms with Gasteiger partial charge in [-0.1, -0.05) is 18.8 Å². The van der Waals surface area contributed by atoms with Gasteiger partial charge in [0.1, 0.15) is 17.3 Å². The summed E-state index contributed by atoms with van der Waals surface area (Å²) in [5.74, 6) is 6.05. The first-order valence-electron chi connectivity index (χ1n) is 12.7. The minimum absolute atomic E-state index is 0.00821. The summed E-state index contributed by atoms with van der Waals surface area (Å²) in [6.07, 6.45) is 8.19. The van der Waals surface area contributed by atoms with Crippen LogP contribution in [0.1, 0.15) is 61.0 Å². The minimum Gasteiger partial charge on any atom is -0.472 e. The second-order valence-corrected chi connectivity index (χ2v) is 10.2. The summed E-state index contributed by atoms with van der Waals surface area (Å²) in [5, 5.41) is 20.5. The van der Waals surface area contributed by atoms with E-state index in [9.17, 15) is 15.0 Å². The standard InChI is InChI=1S/C28H36N4O4/c1-20-16-32(21(2)19-33)27(34)24-14-23(6-11-28(35)9-4-5-10-28)15-30-26(24)36-25(20)18-31(3)17-22-7-12-29-13-8-22/h7-8,12-15,20-21,25,33,35H,4-5,9-10,16-19H2,1-3H3/t20-,21+,25+/m1/s1. The van der Waals surface area contributed by atoms with Crippen molar-refractivity contribution in [1.29, 1.82) is 0 Å². The average Bonchev–Trinajstić information content (AvgIpc) is 3.31. The Morgan fingerprint density at radius 2 is 2.03 bits per heavy atom. The Hall–Kier alpha value is -2.99. The fraction of sp³-hybridized carbons (Fsp3) is 0.536. The van der Waals surface area contributed by atoms with E-state index in [0.29, 0.717) is 37.1 Å². The summed E-state index contributed by atoms with van der Waals surface area (Å²) < 4.78 is 6.37. The maximum absolute atomic E-state index is 13.6. The van der Waals surface area contributed by atoms with Gasteiger partial charge in [0.2, 0.25) is 5.88 Å². The highest BCUT2D eigenvalue weighted by Gasteiger charge is 2.34. The lowest BCUT2D eigenvalue weighted by atomic mass is 9.99. The number of ether oxygens (including phenoxy) is 1. The van der Waals surface area contributed by atoms with Gasteiger partial charge in [0.15, 0.2) is 0 Å². The number of fused-ring (bicyclic) bond motifs is 1. The molecule has 0 radical (unpaired) electrons. The van der Waals surface area contributed by atoms with Crippen molar-refractivity contribution in [3.05, 3.63) is 53.5 Å². The van der Waals surface area contributed by atoms with Crippen LogP contribution >= 0.6 is 0 Å². The minimum atomic E-state index is -0.970. The predicted octanol–water partition coefficient (Wildman–Crippen LogP) is 2.49. The summed E-state index contributed by atoms with van der Waals surface area (Å²) in [6.45, 7) is 5.58. The molecule has 0 aromatic carbocycles. The zero-order valence-corrected chi connectivity index (χ0v) is 21.4. The summed E-state index contributed by atoms with van der Waals surface area (Å²) in [5.41, 5.74) is 1.07. The molecular formula is C28H36N4O4. The van der Waals surface area contributed by atoms with Crippen LogP contribution in [0.2, 0.25) is 0 Å². The number of carbonyl (C=O) groups is 1. The average molecular weight is 493 g/mol. The number of nitrogens with zero attached hydrogens (tertiary/aromatic N) is 4. The highest BCUT2D eigenvalue weighted by molar-refractivity contribution is 5.97. The summed E-state index contributed by atoms with van der Waals surface area (Å²) >= 11 is 0. The van der Waals surface area contributed by atoms with Crippen LogP contribution in [0.5, 0.6) is 5.88 Å². The fourth-order valence-corrected chi connectivity index (χ4v) is 4.83. The maximum atomic E-state index is 13.6. The van der Waals surface area contributed by atoms with Gasteiger partial charge in [0.25, 0.3) is 5.91 Å². The molecule has 1 fully saturated rings. The fourth-order valence-electron chi connectivity index (χ4n) is 4.83. The molecule has 2 aromatic rings. The van der Waals surface area contributed by atoms with Crippen LogP contribution in [0, 0.1) is 17.8 Å². The van der Waals surface area contributed by atoms with E-state index in [2.05, 4.69) is 33.6 Å². The summed E-state index contributed by atoms with van der Waals surface area (Å²) in [4.78, 5) is 26.0. The predicted molar refractivity (Wildman–Crippen MR) is 136 cm³/mol. The van der Waals surface area contributed by atoms with E-state index in [1.165, 1.54) is 0 Å². The number of amides is 1. The third-order valence-electron chi connectivity index (χ3n) is 7.08. The molecule has 2 N–H and O–H groups in total. The number of hydrogen-bond acceptors (Lipinski definition) is 7. The number of carbonyl (C=O) groups excluding carboxylic acids is 1. The van der Waals surface area contributed by atoms with Gasteiger partial charge in [0.05, 0.1) is 12.6 Å². The van der Waals surface area contributed by atoms with Crippen LogP contribution in [0.3, 0.4) is 0 Å². The molecule has 1 amide bonds. The van der Waals surface area contributed by atoms with E-state index in [-0.39, 0.29) is 36.5 Å². The molecule has 2 aromatic heterocycles. The molecule has 1 aliphatic heterocycles. The first-order valence-corrected chi connectivity index (χ1v) is 12.7. The molecule has 0 saturated heterocycles. The van der Waals surface area contributed by atoms with Crippen molar-refractivity contribution >= 4 is 5.91 Å². The van der Waals surface area contributed by atoms with Gasteiger partial charge >= 0.3 is 0 Å². The Kier molecular flexibility index (Phi) is 8.24. The molecule has 0 bridgehead atoms. The van der Waals surface area contributed by atoms with Crippen molar-refractivity contribution in [2.24, 2.45) is 5.92 Å². The van der Waals surface area contributed by atoms with Crippen LogP contribution in [-0.2, 0) is 6.54 Å². The Labute approximate surface area is 213 Å². The van der Waals surface area contributed by atoms with Crippen LogP contribution in [0.25, 0.3) is 0 Å². The second-order valence-electron chi connectivity index (χ2n) is 10.2. The van der Waals surface area contributed by atoms with E-state index >= 15 is 0 Å². The van der Waals surface area contributed by atoms with Crippen molar-refractivity contribution in [1.82, 2.24) is 19.8 Å². The van der Waals surface area contributed by atoms with E-state index in [1.807, 2.05) is 26.1 Å². The largest absolute Gasteiger partial charge is 0.472 e. The molecule has 0 unspecified atom stereocenters. The van der Waals surface area contributed by atoms with Gasteiger partial charge < -0.3 is 19.8 Å². The highest BCUT2D eigenvalue weighted by Crippen LogP contribution is 2.30. The molecular weight excluding hydrogens is 456 g/mol. The van der Waals surface area contributed by atoms with Gasteiger partial charge in [-0.05, 0) is 63.4 Å². The third-order valence-corrected chi connectivity index (χ3v) is 7.08. The molecule has 192 valence electrons. The first-order chi connectivity index (χ1) is 17.3.